The van der Waals surface area contributed by atoms with Crippen LogP contribution in [0.2, 0.25) is 0 Å². The van der Waals surface area contributed by atoms with Crippen molar-refractivity contribution < 1.29 is 18.3 Å². The van der Waals surface area contributed by atoms with Crippen LogP contribution >= 0.6 is 12.4 Å². The van der Waals surface area contributed by atoms with Crippen LogP contribution in [0.3, 0.4) is 0 Å². The summed E-state index contributed by atoms with van der Waals surface area (Å²) in [6.45, 7) is 1.46. The molecular formula is C23H26ClN5O4S. The lowest BCUT2D eigenvalue weighted by molar-refractivity contribution is -0.142. The third-order valence-corrected chi connectivity index (χ3v) is 6.08. The molecule has 0 aliphatic carbocycles. The molecule has 3 N–H and O–H groups in total. The fourth-order valence-corrected chi connectivity index (χ4v) is 4.34. The van der Waals surface area contributed by atoms with Crippen LogP contribution in [-0.4, -0.2) is 48.8 Å². The van der Waals surface area contributed by atoms with Crippen molar-refractivity contribution in [1.29, 1.82) is 0 Å². The lowest BCUT2D eigenvalue weighted by Gasteiger charge is -2.32. The van der Waals surface area contributed by atoms with Gasteiger partial charge in [0.1, 0.15) is 0 Å². The first-order valence-corrected chi connectivity index (χ1v) is 12.4. The number of nitrogens with zero attached hydrogens (tertiary/aromatic N) is 3. The number of rotatable bonds is 7. The van der Waals surface area contributed by atoms with E-state index in [0.29, 0.717) is 30.2 Å². The molecule has 0 spiro atoms. The van der Waals surface area contributed by atoms with Crippen molar-refractivity contribution in [3.05, 3.63) is 60.8 Å². The molecule has 0 bridgehead atoms. The first-order valence-electron chi connectivity index (χ1n) is 10.5. The molecular weight excluding hydrogens is 478 g/mol. The monoisotopic (exact) mass is 503 g/mol. The molecule has 0 saturated carbocycles. The Kier molecular flexibility index (Phi) is 7.95. The molecule has 3 aromatic rings. The SMILES string of the molecule is CS(=O)(=O)Nc1ccc(-c2ccnc(Nc3ccc(N4CCC(C(=O)O)CC4)cc3)n2)cc1.Cl. The van der Waals surface area contributed by atoms with Gasteiger partial charge in [-0.15, -0.1) is 12.4 Å². The van der Waals surface area contributed by atoms with E-state index < -0.39 is 16.0 Å². The number of sulfonamides is 1. The van der Waals surface area contributed by atoms with E-state index >= 15 is 0 Å². The molecule has 180 valence electrons. The van der Waals surface area contributed by atoms with Gasteiger partial charge in [0, 0.05) is 41.9 Å². The Balaban J connectivity index is 0.00000324. The number of nitrogens with one attached hydrogen (secondary N) is 2. The van der Waals surface area contributed by atoms with Crippen molar-refractivity contribution in [1.82, 2.24) is 9.97 Å². The Morgan fingerprint density at radius 2 is 1.62 bits per heavy atom. The summed E-state index contributed by atoms with van der Waals surface area (Å²) in [5.74, 6) is -0.516. The molecule has 0 unspecified atom stereocenters. The van der Waals surface area contributed by atoms with Crippen molar-refractivity contribution in [2.75, 3.05) is 34.3 Å². The molecule has 1 aliphatic rings. The van der Waals surface area contributed by atoms with Gasteiger partial charge in [-0.05, 0) is 55.3 Å². The summed E-state index contributed by atoms with van der Waals surface area (Å²) in [5, 5.41) is 12.4. The zero-order chi connectivity index (χ0) is 23.4. The molecule has 11 heteroatoms. The smallest absolute Gasteiger partial charge is 0.306 e. The van der Waals surface area contributed by atoms with E-state index in [1.54, 1.807) is 36.5 Å². The second kappa shape index (κ2) is 10.7. The summed E-state index contributed by atoms with van der Waals surface area (Å²) in [7, 11) is -3.32. The molecule has 2 aromatic carbocycles. The molecule has 9 nitrogen and oxygen atoms in total. The highest BCUT2D eigenvalue weighted by Crippen LogP contribution is 2.26. The van der Waals surface area contributed by atoms with E-state index in [0.717, 1.165) is 36.3 Å². The van der Waals surface area contributed by atoms with Crippen LogP contribution < -0.4 is 14.9 Å². The Bertz CT molecular complexity index is 1230. The van der Waals surface area contributed by atoms with Gasteiger partial charge in [-0.2, -0.15) is 0 Å². The number of halogens is 1. The van der Waals surface area contributed by atoms with Crippen LogP contribution in [0.1, 0.15) is 12.8 Å². The zero-order valence-corrected chi connectivity index (χ0v) is 20.1. The van der Waals surface area contributed by atoms with Crippen molar-refractivity contribution in [3.63, 3.8) is 0 Å². The highest BCUT2D eigenvalue weighted by molar-refractivity contribution is 7.92. The summed E-state index contributed by atoms with van der Waals surface area (Å²) < 4.78 is 25.2. The van der Waals surface area contributed by atoms with Crippen molar-refractivity contribution >= 4 is 51.4 Å². The van der Waals surface area contributed by atoms with Gasteiger partial charge in [0.2, 0.25) is 16.0 Å². The van der Waals surface area contributed by atoms with E-state index in [-0.39, 0.29) is 18.3 Å². The standard InChI is InChI=1S/C23H25N5O4S.ClH/c1-33(31,32)27-19-4-2-16(3-5-19)21-10-13-24-23(26-21)25-18-6-8-20(9-7-18)28-14-11-17(12-15-28)22(29)30;/h2-10,13,17,27H,11-12,14-15H2,1H3,(H,29,30)(H,24,25,26);1H. The maximum atomic E-state index is 11.4. The Labute approximate surface area is 204 Å². The molecule has 1 aliphatic heterocycles. The van der Waals surface area contributed by atoms with Crippen LogP contribution in [0, 0.1) is 5.92 Å². The van der Waals surface area contributed by atoms with Crippen molar-refractivity contribution in [2.45, 2.75) is 12.8 Å². The number of piperidine rings is 1. The van der Waals surface area contributed by atoms with Crippen LogP contribution in [0.4, 0.5) is 23.0 Å². The quantitative estimate of drug-likeness (QED) is 0.442. The van der Waals surface area contributed by atoms with Gasteiger partial charge in [0.15, 0.2) is 0 Å². The zero-order valence-electron chi connectivity index (χ0n) is 18.5. The van der Waals surface area contributed by atoms with E-state index in [4.69, 9.17) is 5.11 Å². The number of aromatic nitrogens is 2. The van der Waals surface area contributed by atoms with Gasteiger partial charge >= 0.3 is 5.97 Å². The number of carboxylic acids is 1. The molecule has 1 saturated heterocycles. The maximum Gasteiger partial charge on any atom is 0.306 e. The topological polar surface area (TPSA) is 125 Å². The highest BCUT2D eigenvalue weighted by Gasteiger charge is 2.24. The fourth-order valence-electron chi connectivity index (χ4n) is 3.77. The number of benzene rings is 2. The number of aliphatic carboxylic acids is 1. The van der Waals surface area contributed by atoms with Crippen LogP contribution in [0.15, 0.2) is 60.8 Å². The van der Waals surface area contributed by atoms with E-state index in [1.165, 1.54) is 0 Å². The highest BCUT2D eigenvalue weighted by atomic mass is 35.5. The van der Waals surface area contributed by atoms with Crippen LogP contribution in [0.5, 0.6) is 0 Å². The largest absolute Gasteiger partial charge is 0.481 e. The van der Waals surface area contributed by atoms with Crippen molar-refractivity contribution in [3.8, 4) is 11.3 Å². The molecule has 4 rings (SSSR count). The minimum atomic E-state index is -3.32. The summed E-state index contributed by atoms with van der Waals surface area (Å²) in [6.07, 6.45) is 4.08. The lowest BCUT2D eigenvalue weighted by Crippen LogP contribution is -2.36. The summed E-state index contributed by atoms with van der Waals surface area (Å²) in [6, 6.07) is 16.6. The molecule has 0 radical (unpaired) electrons. The van der Waals surface area contributed by atoms with Crippen LogP contribution in [-0.2, 0) is 14.8 Å². The Morgan fingerprint density at radius 1 is 1.00 bits per heavy atom. The molecule has 0 atom stereocenters. The number of anilines is 4. The second-order valence-corrected chi connectivity index (χ2v) is 9.74. The minimum absolute atomic E-state index is 0. The van der Waals surface area contributed by atoms with E-state index in [9.17, 15) is 13.2 Å². The first-order chi connectivity index (χ1) is 15.8. The number of hydrogen-bond donors (Lipinski definition) is 3. The third-order valence-electron chi connectivity index (χ3n) is 5.47. The van der Waals surface area contributed by atoms with Gasteiger partial charge in [-0.1, -0.05) is 12.1 Å². The third kappa shape index (κ3) is 6.58. The lowest BCUT2D eigenvalue weighted by atomic mass is 9.97. The molecule has 2 heterocycles. The molecule has 1 aromatic heterocycles. The van der Waals surface area contributed by atoms with E-state index in [2.05, 4.69) is 24.9 Å². The van der Waals surface area contributed by atoms with Gasteiger partial charge in [0.25, 0.3) is 0 Å². The number of carboxylic acid groups (broad SMARTS) is 1. The fraction of sp³-hybridized carbons (Fsp3) is 0.261. The van der Waals surface area contributed by atoms with Gasteiger partial charge in [0.05, 0.1) is 17.9 Å². The van der Waals surface area contributed by atoms with Gasteiger partial charge in [-0.25, -0.2) is 18.4 Å². The first kappa shape index (κ1) is 25.3. The second-order valence-electron chi connectivity index (χ2n) is 7.99. The predicted molar refractivity (Wildman–Crippen MR) is 135 cm³/mol. The molecule has 34 heavy (non-hydrogen) atoms. The Morgan fingerprint density at radius 3 is 2.21 bits per heavy atom. The summed E-state index contributed by atoms with van der Waals surface area (Å²) in [5.41, 5.74) is 3.92. The summed E-state index contributed by atoms with van der Waals surface area (Å²) in [4.78, 5) is 22.2. The van der Waals surface area contributed by atoms with Crippen LogP contribution in [0.25, 0.3) is 11.3 Å². The van der Waals surface area contributed by atoms with E-state index in [1.807, 2.05) is 24.3 Å². The Hall–Kier alpha value is -3.37. The number of carbonyl (C=O) groups is 1. The van der Waals surface area contributed by atoms with Crippen molar-refractivity contribution in [2.24, 2.45) is 5.92 Å². The van der Waals surface area contributed by atoms with Gasteiger partial charge in [-0.3, -0.25) is 9.52 Å². The average Bonchev–Trinajstić information content (AvgIpc) is 2.79. The van der Waals surface area contributed by atoms with Gasteiger partial charge < -0.3 is 15.3 Å². The maximum absolute atomic E-state index is 11.4. The minimum Gasteiger partial charge on any atom is -0.481 e. The summed E-state index contributed by atoms with van der Waals surface area (Å²) >= 11 is 0. The molecule has 0 amide bonds. The average molecular weight is 504 g/mol. The normalized spacial score (nSPS) is 14.2. The number of hydrogen-bond acceptors (Lipinski definition) is 7. The molecule has 1 fully saturated rings. The predicted octanol–water partition coefficient (Wildman–Crippen LogP) is 3.98.